The van der Waals surface area contributed by atoms with Crippen molar-refractivity contribution in [2.45, 2.75) is 6.92 Å². The molecule has 15 heavy (non-hydrogen) atoms. The van der Waals surface area contributed by atoms with E-state index >= 15 is 0 Å². The standard InChI is InChI=1S/C13H9BrO/c1-8-10(14)6-7-12-13(8)9-4-2-3-5-11(9)15-12/h2-7H,1H3. The minimum atomic E-state index is 0.953. The van der Waals surface area contributed by atoms with E-state index in [0.29, 0.717) is 0 Å². The van der Waals surface area contributed by atoms with Gasteiger partial charge in [-0.2, -0.15) is 0 Å². The molecular formula is C13H9BrO. The first kappa shape index (κ1) is 8.98. The fraction of sp³-hybridized carbons (Fsp3) is 0.0769. The van der Waals surface area contributed by atoms with Gasteiger partial charge in [0.25, 0.3) is 0 Å². The van der Waals surface area contributed by atoms with Crippen LogP contribution in [-0.4, -0.2) is 0 Å². The lowest BCUT2D eigenvalue weighted by molar-refractivity contribution is 0.668. The summed E-state index contributed by atoms with van der Waals surface area (Å²) in [6.45, 7) is 2.11. The number of halogens is 1. The molecule has 3 rings (SSSR count). The highest BCUT2D eigenvalue weighted by Crippen LogP contribution is 2.33. The fourth-order valence-corrected chi connectivity index (χ4v) is 2.29. The molecule has 1 aromatic heterocycles. The molecule has 0 fully saturated rings. The van der Waals surface area contributed by atoms with Crippen LogP contribution in [0.25, 0.3) is 21.9 Å². The van der Waals surface area contributed by atoms with E-state index in [4.69, 9.17) is 4.42 Å². The van der Waals surface area contributed by atoms with Gasteiger partial charge in [-0.05, 0) is 30.7 Å². The zero-order valence-electron chi connectivity index (χ0n) is 8.25. The topological polar surface area (TPSA) is 13.1 Å². The van der Waals surface area contributed by atoms with E-state index in [1.807, 2.05) is 30.3 Å². The van der Waals surface area contributed by atoms with Gasteiger partial charge in [0, 0.05) is 15.2 Å². The predicted molar refractivity (Wildman–Crippen MR) is 66.2 cm³/mol. The number of para-hydroxylation sites is 1. The lowest BCUT2D eigenvalue weighted by Crippen LogP contribution is -1.76. The number of rotatable bonds is 0. The first-order chi connectivity index (χ1) is 7.27. The molecule has 0 radical (unpaired) electrons. The molecule has 0 amide bonds. The Bertz CT molecular complexity index is 652. The first-order valence-corrected chi connectivity index (χ1v) is 5.63. The maximum Gasteiger partial charge on any atom is 0.135 e. The summed E-state index contributed by atoms with van der Waals surface area (Å²) in [5.41, 5.74) is 3.14. The van der Waals surface area contributed by atoms with Crippen molar-refractivity contribution in [2.24, 2.45) is 0 Å². The molecule has 0 bridgehead atoms. The third kappa shape index (κ3) is 1.21. The zero-order valence-corrected chi connectivity index (χ0v) is 9.84. The van der Waals surface area contributed by atoms with Crippen molar-refractivity contribution in [3.05, 3.63) is 46.4 Å². The van der Waals surface area contributed by atoms with Crippen LogP contribution < -0.4 is 0 Å². The molecule has 74 valence electrons. The molecule has 1 nitrogen and oxygen atoms in total. The van der Waals surface area contributed by atoms with Crippen LogP contribution in [0.5, 0.6) is 0 Å². The van der Waals surface area contributed by atoms with E-state index in [9.17, 15) is 0 Å². The Kier molecular flexibility index (Phi) is 1.86. The van der Waals surface area contributed by atoms with Gasteiger partial charge in [0.05, 0.1) is 0 Å². The van der Waals surface area contributed by atoms with Gasteiger partial charge < -0.3 is 4.42 Å². The molecule has 0 spiro atoms. The SMILES string of the molecule is Cc1c(Br)ccc2oc3ccccc3c12. The molecule has 0 atom stereocenters. The van der Waals surface area contributed by atoms with Crippen molar-refractivity contribution in [1.29, 1.82) is 0 Å². The highest BCUT2D eigenvalue weighted by molar-refractivity contribution is 9.10. The molecule has 2 aromatic carbocycles. The molecule has 2 heteroatoms. The quantitative estimate of drug-likeness (QED) is 0.573. The summed E-state index contributed by atoms with van der Waals surface area (Å²) in [6.07, 6.45) is 0. The van der Waals surface area contributed by atoms with Crippen molar-refractivity contribution in [1.82, 2.24) is 0 Å². The van der Waals surface area contributed by atoms with Gasteiger partial charge >= 0.3 is 0 Å². The first-order valence-electron chi connectivity index (χ1n) is 4.84. The monoisotopic (exact) mass is 260 g/mol. The van der Waals surface area contributed by atoms with Crippen LogP contribution in [0.2, 0.25) is 0 Å². The average molecular weight is 261 g/mol. The Morgan fingerprint density at radius 3 is 2.67 bits per heavy atom. The van der Waals surface area contributed by atoms with Crippen molar-refractivity contribution < 1.29 is 4.42 Å². The lowest BCUT2D eigenvalue weighted by atomic mass is 10.1. The van der Waals surface area contributed by atoms with Crippen LogP contribution in [0.4, 0.5) is 0 Å². The van der Waals surface area contributed by atoms with Crippen molar-refractivity contribution in [3.8, 4) is 0 Å². The van der Waals surface area contributed by atoms with Crippen molar-refractivity contribution in [2.75, 3.05) is 0 Å². The van der Waals surface area contributed by atoms with Crippen LogP contribution in [0.3, 0.4) is 0 Å². The Morgan fingerprint density at radius 2 is 1.80 bits per heavy atom. The van der Waals surface area contributed by atoms with Gasteiger partial charge in [0.2, 0.25) is 0 Å². The molecule has 0 aliphatic rings. The van der Waals surface area contributed by atoms with Gasteiger partial charge in [0.15, 0.2) is 0 Å². The summed E-state index contributed by atoms with van der Waals surface area (Å²) in [4.78, 5) is 0. The number of benzene rings is 2. The number of furan rings is 1. The Hall–Kier alpha value is -1.28. The second kappa shape index (κ2) is 3.11. The third-order valence-corrected chi connectivity index (χ3v) is 3.60. The molecule has 0 saturated carbocycles. The largest absolute Gasteiger partial charge is 0.456 e. The summed E-state index contributed by atoms with van der Waals surface area (Å²) in [6, 6.07) is 12.2. The number of aryl methyl sites for hydroxylation is 1. The van der Waals surface area contributed by atoms with E-state index in [1.54, 1.807) is 0 Å². The molecule has 0 N–H and O–H groups in total. The molecule has 1 heterocycles. The minimum Gasteiger partial charge on any atom is -0.456 e. The fourth-order valence-electron chi connectivity index (χ4n) is 1.96. The third-order valence-electron chi connectivity index (χ3n) is 2.74. The van der Waals surface area contributed by atoms with E-state index < -0.39 is 0 Å². The summed E-state index contributed by atoms with van der Waals surface area (Å²) in [5, 5.41) is 2.39. The smallest absolute Gasteiger partial charge is 0.135 e. The van der Waals surface area contributed by atoms with Gasteiger partial charge in [-0.25, -0.2) is 0 Å². The van der Waals surface area contributed by atoms with Gasteiger partial charge in [0.1, 0.15) is 11.2 Å². The van der Waals surface area contributed by atoms with Crippen LogP contribution >= 0.6 is 15.9 Å². The summed E-state index contributed by atoms with van der Waals surface area (Å²) in [7, 11) is 0. The maximum atomic E-state index is 5.77. The van der Waals surface area contributed by atoms with E-state index in [0.717, 1.165) is 15.6 Å². The van der Waals surface area contributed by atoms with Crippen LogP contribution in [0.15, 0.2) is 45.3 Å². The average Bonchev–Trinajstić information content (AvgIpc) is 2.62. The highest BCUT2D eigenvalue weighted by Gasteiger charge is 2.09. The van der Waals surface area contributed by atoms with Gasteiger partial charge in [-0.1, -0.05) is 34.1 Å². The highest BCUT2D eigenvalue weighted by atomic mass is 79.9. The summed E-state index contributed by atoms with van der Waals surface area (Å²) < 4.78 is 6.89. The normalized spacial score (nSPS) is 11.3. The second-order valence-corrected chi connectivity index (χ2v) is 4.50. The number of fused-ring (bicyclic) bond motifs is 3. The summed E-state index contributed by atoms with van der Waals surface area (Å²) in [5.74, 6) is 0. The number of hydrogen-bond acceptors (Lipinski definition) is 1. The van der Waals surface area contributed by atoms with E-state index in [1.165, 1.54) is 16.3 Å². The van der Waals surface area contributed by atoms with Crippen molar-refractivity contribution >= 4 is 37.9 Å². The molecular weight excluding hydrogens is 252 g/mol. The second-order valence-electron chi connectivity index (χ2n) is 3.64. The zero-order chi connectivity index (χ0) is 10.4. The van der Waals surface area contributed by atoms with Crippen molar-refractivity contribution in [3.63, 3.8) is 0 Å². The predicted octanol–water partition coefficient (Wildman–Crippen LogP) is 4.66. The Morgan fingerprint density at radius 1 is 1.00 bits per heavy atom. The van der Waals surface area contributed by atoms with E-state index in [2.05, 4.69) is 28.9 Å². The maximum absolute atomic E-state index is 5.77. The van der Waals surface area contributed by atoms with Crippen LogP contribution in [0, 0.1) is 6.92 Å². The molecule has 0 aliphatic carbocycles. The Labute approximate surface area is 95.8 Å². The summed E-state index contributed by atoms with van der Waals surface area (Å²) >= 11 is 3.55. The molecule has 3 aromatic rings. The molecule has 0 aliphatic heterocycles. The van der Waals surface area contributed by atoms with Gasteiger partial charge in [-0.15, -0.1) is 0 Å². The minimum absolute atomic E-state index is 0.953. The molecule has 0 unspecified atom stereocenters. The van der Waals surface area contributed by atoms with Crippen LogP contribution in [-0.2, 0) is 0 Å². The number of hydrogen-bond donors (Lipinski definition) is 0. The Balaban J connectivity index is 2.63. The van der Waals surface area contributed by atoms with Crippen LogP contribution in [0.1, 0.15) is 5.56 Å². The lowest BCUT2D eigenvalue weighted by Gasteiger charge is -1.98. The molecule has 0 saturated heterocycles. The van der Waals surface area contributed by atoms with Gasteiger partial charge in [-0.3, -0.25) is 0 Å². The van der Waals surface area contributed by atoms with E-state index in [-0.39, 0.29) is 0 Å².